The molecule has 0 aliphatic carbocycles. The molecule has 0 unspecified atom stereocenters. The van der Waals surface area contributed by atoms with Crippen LogP contribution in [-0.4, -0.2) is 227 Å². The van der Waals surface area contributed by atoms with Crippen LogP contribution >= 0.6 is 0 Å². The molecule has 0 aromatic heterocycles. The first-order chi connectivity index (χ1) is 39.2. The van der Waals surface area contributed by atoms with Gasteiger partial charge in [0.05, 0.1) is 12.6 Å². The molecule has 1 fully saturated rings. The summed E-state index contributed by atoms with van der Waals surface area (Å²) >= 11 is 0. The number of likely N-dealkylation sites (N-methyl/N-ethyl adjacent to an activating group) is 7. The largest absolute Gasteiger partial charge is 0.390 e. The molecule has 0 saturated carbocycles. The number of hydrogen-bond acceptors (Lipinski definition) is 12. The zero-order chi connectivity index (χ0) is 66.0. The minimum absolute atomic E-state index is 0.0229. The van der Waals surface area contributed by atoms with E-state index in [2.05, 4.69) is 21.3 Å². The molecule has 486 valence electrons. The van der Waals surface area contributed by atoms with Crippen molar-refractivity contribution >= 4 is 65.0 Å². The highest BCUT2D eigenvalue weighted by atomic mass is 16.3. The van der Waals surface area contributed by atoms with Crippen LogP contribution in [0.2, 0.25) is 0 Å². The smallest absolute Gasteiger partial charge is 0.246 e. The number of carbonyl (C=O) groups is 11. The fourth-order valence-corrected chi connectivity index (χ4v) is 10.7. The average molecular weight is 1200 g/mol. The van der Waals surface area contributed by atoms with E-state index in [1.807, 2.05) is 61.5 Å². The highest BCUT2D eigenvalue weighted by Crippen LogP contribution is 2.26. The molecule has 0 spiro atoms. The first-order valence-electron chi connectivity index (χ1n) is 30.6. The lowest BCUT2D eigenvalue weighted by molar-refractivity contribution is -0.157. The Bertz CT molecular complexity index is 2330. The molecule has 12 atom stereocenters. The molecule has 1 saturated heterocycles. The predicted molar refractivity (Wildman–Crippen MR) is 328 cm³/mol. The van der Waals surface area contributed by atoms with Crippen LogP contribution in [0, 0.1) is 41.4 Å². The summed E-state index contributed by atoms with van der Waals surface area (Å²) in [5, 5.41) is 23.1. The van der Waals surface area contributed by atoms with Crippen molar-refractivity contribution in [3.05, 3.63) is 12.2 Å². The molecule has 1 aliphatic rings. The lowest BCUT2D eigenvalue weighted by atomic mass is 9.91. The van der Waals surface area contributed by atoms with E-state index in [-0.39, 0.29) is 55.8 Å². The van der Waals surface area contributed by atoms with Crippen LogP contribution in [0.4, 0.5) is 0 Å². The van der Waals surface area contributed by atoms with E-state index in [4.69, 9.17) is 0 Å². The maximum atomic E-state index is 15.1. The molecule has 1 rings (SSSR count). The number of aliphatic hydroxyl groups excluding tert-OH is 1. The molecule has 0 radical (unpaired) electrons. The standard InChI is InChI=1S/C62H111N11O12/c1-25-27-28-40(15)52(75)51-56(79)65-43(26-2)58(81)67(18)33-48(74)68(19)44(29-34(3)4)55(78)66-49(38(11)12)61(84)69(20)45(30-35(5)6)54(77)63-41(16)53(76)64-42(17)57(80)70(21)46(31-36(7)8)59(82)71(22)47(32-37(9)10)60(83)72(23)50(39(13)14)62(85)73(51)24/h25,27,34-47,49-52,75H,26,28-33H2,1-24H3,(H,63,77)(H,64,76)(H,65,79)(H,66,78)/b27-25+/t40-,41+,42-,43+,44+,45+,46+,47+,49+,50+,51+,52+/m1/s1. The van der Waals surface area contributed by atoms with Crippen LogP contribution in [0.25, 0.3) is 0 Å². The summed E-state index contributed by atoms with van der Waals surface area (Å²) in [6.07, 6.45) is 3.04. The Morgan fingerprint density at radius 2 is 0.871 bits per heavy atom. The van der Waals surface area contributed by atoms with Crippen molar-refractivity contribution in [2.45, 2.75) is 223 Å². The van der Waals surface area contributed by atoms with Crippen LogP contribution in [-0.2, 0) is 52.7 Å². The van der Waals surface area contributed by atoms with Gasteiger partial charge in [0, 0.05) is 49.3 Å². The van der Waals surface area contributed by atoms with E-state index in [9.17, 15) is 48.3 Å². The van der Waals surface area contributed by atoms with E-state index in [0.717, 1.165) is 9.80 Å². The number of rotatable bonds is 15. The van der Waals surface area contributed by atoms with Gasteiger partial charge in [-0.05, 0) is 101 Å². The van der Waals surface area contributed by atoms with E-state index in [0.29, 0.717) is 6.42 Å². The van der Waals surface area contributed by atoms with Gasteiger partial charge < -0.3 is 60.7 Å². The third-order valence-electron chi connectivity index (χ3n) is 16.1. The van der Waals surface area contributed by atoms with Crippen molar-refractivity contribution < 1.29 is 57.8 Å². The number of hydrogen-bond donors (Lipinski definition) is 5. The zero-order valence-corrected chi connectivity index (χ0v) is 56.1. The van der Waals surface area contributed by atoms with Gasteiger partial charge in [-0.3, -0.25) is 52.7 Å². The van der Waals surface area contributed by atoms with Gasteiger partial charge in [0.1, 0.15) is 60.4 Å². The Hall–Kier alpha value is -6.13. The van der Waals surface area contributed by atoms with Crippen molar-refractivity contribution in [1.29, 1.82) is 0 Å². The molecular weight excluding hydrogens is 1090 g/mol. The third kappa shape index (κ3) is 21.7. The van der Waals surface area contributed by atoms with Gasteiger partial charge in [0.15, 0.2) is 0 Å². The van der Waals surface area contributed by atoms with Crippen LogP contribution in [0.5, 0.6) is 0 Å². The minimum atomic E-state index is -1.61. The molecule has 23 nitrogen and oxygen atoms in total. The SMILES string of the molecule is C/C=C/C[C@@H](C)[C@H](O)[C@H]1C(=O)N[C@@H](CC)C(=O)N(C)CC(=O)N(C)[C@@H](CC(C)C)C(=O)N[C@@H](C(C)C)C(=O)N(C)[C@@H](CC(C)C)C(=O)N[C@@H](C)C(=O)N[C@H](C)C(=O)N(C)[C@@H](CC(C)C)C(=O)N(C)[C@@H](CC(C)C)C(=O)N(C)[C@@H](C(C)C)C(=O)N1C. The Morgan fingerprint density at radius 1 is 0.459 bits per heavy atom. The molecule has 11 amide bonds. The van der Waals surface area contributed by atoms with E-state index in [1.165, 1.54) is 87.7 Å². The monoisotopic (exact) mass is 1200 g/mol. The lowest BCUT2D eigenvalue weighted by Gasteiger charge is -2.41. The normalized spacial score (nSPS) is 26.9. The second-order valence-electron chi connectivity index (χ2n) is 26.1. The zero-order valence-electron chi connectivity index (χ0n) is 56.1. The van der Waals surface area contributed by atoms with Crippen molar-refractivity contribution in [2.75, 3.05) is 55.9 Å². The summed E-state index contributed by atoms with van der Waals surface area (Å²) in [4.78, 5) is 169. The van der Waals surface area contributed by atoms with E-state index >= 15 is 9.59 Å². The fraction of sp³-hybridized carbons (Fsp3) is 0.790. The van der Waals surface area contributed by atoms with Gasteiger partial charge in [-0.1, -0.05) is 109 Å². The molecule has 1 aliphatic heterocycles. The van der Waals surface area contributed by atoms with Gasteiger partial charge in [-0.2, -0.15) is 0 Å². The molecule has 85 heavy (non-hydrogen) atoms. The molecule has 0 aromatic carbocycles. The maximum absolute atomic E-state index is 15.1. The lowest BCUT2D eigenvalue weighted by Crippen LogP contribution is -2.63. The van der Waals surface area contributed by atoms with Crippen molar-refractivity contribution in [3.63, 3.8) is 0 Å². The van der Waals surface area contributed by atoms with Gasteiger partial charge in [-0.25, -0.2) is 0 Å². The summed E-state index contributed by atoms with van der Waals surface area (Å²) in [6, 6.07) is -12.3. The first kappa shape index (κ1) is 76.9. The summed E-state index contributed by atoms with van der Waals surface area (Å²) in [5.41, 5.74) is 0. The van der Waals surface area contributed by atoms with E-state index < -0.39 is 156 Å². The minimum Gasteiger partial charge on any atom is -0.390 e. The molecule has 0 aromatic rings. The third-order valence-corrected chi connectivity index (χ3v) is 16.1. The Balaban J connectivity index is 4.32. The van der Waals surface area contributed by atoms with Crippen LogP contribution in [0.3, 0.4) is 0 Å². The Morgan fingerprint density at radius 3 is 1.32 bits per heavy atom. The number of aliphatic hydroxyl groups is 1. The van der Waals surface area contributed by atoms with Crippen molar-refractivity contribution in [3.8, 4) is 0 Å². The van der Waals surface area contributed by atoms with Crippen LogP contribution in [0.1, 0.15) is 156 Å². The van der Waals surface area contributed by atoms with Crippen LogP contribution < -0.4 is 21.3 Å². The van der Waals surface area contributed by atoms with Gasteiger partial charge >= 0.3 is 0 Å². The predicted octanol–water partition coefficient (Wildman–Crippen LogP) is 3.27. The number of allylic oxidation sites excluding steroid dienone is 2. The van der Waals surface area contributed by atoms with E-state index in [1.54, 1.807) is 54.5 Å². The Labute approximate surface area is 508 Å². The van der Waals surface area contributed by atoms with Crippen molar-refractivity contribution in [1.82, 2.24) is 55.6 Å². The second kappa shape index (κ2) is 34.9. The number of nitrogens with zero attached hydrogens (tertiary/aromatic N) is 7. The molecular formula is C62H111N11O12. The number of nitrogens with one attached hydrogen (secondary N) is 4. The summed E-state index contributed by atoms with van der Waals surface area (Å²) < 4.78 is 0. The molecule has 23 heteroatoms. The van der Waals surface area contributed by atoms with Crippen molar-refractivity contribution in [2.24, 2.45) is 41.4 Å². The quantitative estimate of drug-likeness (QED) is 0.148. The molecule has 1 heterocycles. The summed E-state index contributed by atoms with van der Waals surface area (Å²) in [6.45, 7) is 29.3. The second-order valence-corrected chi connectivity index (χ2v) is 26.1. The number of carbonyl (C=O) groups excluding carboxylic acids is 11. The topological polar surface area (TPSA) is 279 Å². The first-order valence-corrected chi connectivity index (χ1v) is 30.6. The molecule has 5 N–H and O–H groups in total. The van der Waals surface area contributed by atoms with Gasteiger partial charge in [-0.15, -0.1) is 0 Å². The fourth-order valence-electron chi connectivity index (χ4n) is 10.7. The summed E-state index contributed by atoms with van der Waals surface area (Å²) in [7, 11) is 9.92. The maximum Gasteiger partial charge on any atom is 0.246 e. The molecule has 0 bridgehead atoms. The highest BCUT2D eigenvalue weighted by molar-refractivity contribution is 5.99. The van der Waals surface area contributed by atoms with Crippen LogP contribution in [0.15, 0.2) is 12.2 Å². The number of amides is 11. The summed E-state index contributed by atoms with van der Waals surface area (Å²) in [5.74, 6) is -9.71. The average Bonchev–Trinajstić information content (AvgIpc) is 3.62. The van der Waals surface area contributed by atoms with Gasteiger partial charge in [0.2, 0.25) is 65.0 Å². The van der Waals surface area contributed by atoms with Gasteiger partial charge in [0.25, 0.3) is 0 Å². The Kier molecular flexibility index (Phi) is 31.5. The highest BCUT2D eigenvalue weighted by Gasteiger charge is 2.45.